The van der Waals surface area contributed by atoms with E-state index in [0.29, 0.717) is 28.2 Å². The number of fused-ring (bicyclic) bond motifs is 1. The van der Waals surface area contributed by atoms with Crippen molar-refractivity contribution in [3.8, 4) is 17.1 Å². The third-order valence-corrected chi connectivity index (χ3v) is 7.16. The molecule has 0 saturated carbocycles. The molecule has 4 aromatic heterocycles. The quantitative estimate of drug-likeness (QED) is 0.132. The van der Waals surface area contributed by atoms with E-state index in [0.717, 1.165) is 35.1 Å². The summed E-state index contributed by atoms with van der Waals surface area (Å²) in [5.41, 5.74) is 3.69. The Morgan fingerprint density at radius 1 is 1.09 bits per heavy atom. The first-order valence-corrected chi connectivity index (χ1v) is 13.3. The van der Waals surface area contributed by atoms with Crippen molar-refractivity contribution < 1.29 is 37.2 Å². The first kappa shape index (κ1) is 30.7. The molecular weight excluding hydrogens is 599 g/mol. The summed E-state index contributed by atoms with van der Waals surface area (Å²) < 4.78 is 56.5. The first-order valence-electron chi connectivity index (χ1n) is 13.3. The van der Waals surface area contributed by atoms with Crippen LogP contribution < -0.4 is 10.5 Å². The Bertz CT molecular complexity index is 1900. The predicted octanol–water partition coefficient (Wildman–Crippen LogP) is 4.68. The van der Waals surface area contributed by atoms with Gasteiger partial charge in [-0.05, 0) is 48.4 Å². The van der Waals surface area contributed by atoms with E-state index >= 15 is 0 Å². The molecule has 1 aromatic carbocycles. The van der Waals surface area contributed by atoms with Crippen LogP contribution in [0.3, 0.4) is 0 Å². The zero-order valence-electron chi connectivity index (χ0n) is 23.7. The molecule has 0 radical (unpaired) electrons. The maximum Gasteiger partial charge on any atom is 0.434 e. The minimum Gasteiger partial charge on any atom is -0.481 e. The fourth-order valence-electron chi connectivity index (χ4n) is 4.84. The number of nitro groups is 1. The van der Waals surface area contributed by atoms with Crippen molar-refractivity contribution in [2.75, 3.05) is 7.11 Å². The van der Waals surface area contributed by atoms with Crippen LogP contribution in [0.2, 0.25) is 0 Å². The zero-order chi connectivity index (χ0) is 32.5. The lowest BCUT2D eigenvalue weighted by Crippen LogP contribution is -2.46. The van der Waals surface area contributed by atoms with Gasteiger partial charge in [-0.3, -0.25) is 14.9 Å². The number of pyridine rings is 2. The topological polar surface area (TPSA) is 170 Å². The van der Waals surface area contributed by atoms with E-state index in [2.05, 4.69) is 15.3 Å². The molecule has 1 amide bonds. The predicted molar refractivity (Wildman–Crippen MR) is 151 cm³/mol. The molecular formula is C29H24F3N7O6. The van der Waals surface area contributed by atoms with Crippen molar-refractivity contribution in [1.82, 2.24) is 24.4 Å². The van der Waals surface area contributed by atoms with Crippen molar-refractivity contribution in [1.29, 1.82) is 0 Å². The molecule has 13 nitrogen and oxygen atoms in total. The van der Waals surface area contributed by atoms with Crippen LogP contribution in [0, 0.1) is 10.1 Å². The number of non-ortho nitro benzene ring substituents is 1. The molecule has 0 aliphatic rings. The number of aromatic nitrogens is 5. The van der Waals surface area contributed by atoms with Crippen molar-refractivity contribution in [3.05, 3.63) is 106 Å². The number of amides is 1. The van der Waals surface area contributed by atoms with Gasteiger partial charge in [-0.25, -0.2) is 14.5 Å². The van der Waals surface area contributed by atoms with Crippen LogP contribution in [-0.4, -0.2) is 54.5 Å². The fraction of sp³-hybridized carbons (Fsp3) is 0.207. The lowest BCUT2D eigenvalue weighted by Gasteiger charge is -2.32. The Kier molecular flexibility index (Phi) is 7.97. The van der Waals surface area contributed by atoms with Gasteiger partial charge < -0.3 is 19.6 Å². The summed E-state index contributed by atoms with van der Waals surface area (Å²) >= 11 is 0. The molecule has 5 rings (SSSR count). The molecule has 2 N–H and O–H groups in total. The van der Waals surface area contributed by atoms with Crippen LogP contribution in [-0.2, 0) is 16.9 Å². The van der Waals surface area contributed by atoms with E-state index in [9.17, 15) is 32.9 Å². The summed E-state index contributed by atoms with van der Waals surface area (Å²) in [6, 6.07) is 12.3. The number of carbonyl (C=O) groups is 2. The Hall–Kier alpha value is -5.80. The number of primary amides is 1. The Morgan fingerprint density at radius 2 is 1.82 bits per heavy atom. The maximum atomic E-state index is 14.5. The van der Waals surface area contributed by atoms with E-state index in [-0.39, 0.29) is 23.4 Å². The van der Waals surface area contributed by atoms with E-state index in [1.807, 2.05) is 0 Å². The lowest BCUT2D eigenvalue weighted by molar-refractivity contribution is -0.384. The third-order valence-electron chi connectivity index (χ3n) is 7.16. The smallest absolute Gasteiger partial charge is 0.434 e. The largest absolute Gasteiger partial charge is 0.481 e. The van der Waals surface area contributed by atoms with Gasteiger partial charge in [0.05, 0.1) is 41.6 Å². The number of ether oxygens (including phenoxy) is 2. The molecule has 5 aromatic rings. The Morgan fingerprint density at radius 3 is 2.40 bits per heavy atom. The highest BCUT2D eigenvalue weighted by Crippen LogP contribution is 2.44. The number of methoxy groups -OCH3 is 1. The number of nitrogens with zero attached hydrogens (tertiary/aromatic N) is 6. The number of halogens is 3. The molecule has 0 aliphatic heterocycles. The van der Waals surface area contributed by atoms with Crippen LogP contribution in [0.15, 0.2) is 73.2 Å². The highest BCUT2D eigenvalue weighted by molar-refractivity contribution is 6.01. The van der Waals surface area contributed by atoms with Crippen LogP contribution >= 0.6 is 0 Å². The number of hydrogen-bond acceptors (Lipinski definition) is 9. The van der Waals surface area contributed by atoms with E-state index in [4.69, 9.17) is 15.2 Å². The second kappa shape index (κ2) is 11.7. The minimum atomic E-state index is -5.08. The third kappa shape index (κ3) is 5.76. The molecule has 16 heteroatoms. The number of nitrogens with two attached hydrogens (primary N) is 1. The number of alkyl halides is 3. The van der Waals surface area contributed by atoms with Crippen molar-refractivity contribution in [3.63, 3.8) is 0 Å². The van der Waals surface area contributed by atoms with Gasteiger partial charge in [0, 0.05) is 41.7 Å². The SMILES string of the molecule is CCC(OC(=O)c1ccc([N+](=O)[O-])cc1)(c1cn(Cc2ccn3c(-c4ccc(OC)nc4)c(C(N)=O)cc3c2)nn1)C(F)(F)F. The average molecular weight is 624 g/mol. The highest BCUT2D eigenvalue weighted by Gasteiger charge is 2.60. The molecule has 0 saturated heterocycles. The monoisotopic (exact) mass is 623 g/mol. The molecule has 1 atom stereocenters. The van der Waals surface area contributed by atoms with Gasteiger partial charge in [0.25, 0.3) is 17.2 Å². The first-order chi connectivity index (χ1) is 21.4. The molecule has 232 valence electrons. The van der Waals surface area contributed by atoms with Gasteiger partial charge in [-0.1, -0.05) is 12.1 Å². The van der Waals surface area contributed by atoms with Gasteiger partial charge in [0.15, 0.2) is 0 Å². The van der Waals surface area contributed by atoms with Crippen LogP contribution in [0.1, 0.15) is 45.3 Å². The molecule has 0 aliphatic carbocycles. The molecule has 45 heavy (non-hydrogen) atoms. The number of carbonyl (C=O) groups excluding carboxylic acids is 2. The van der Waals surface area contributed by atoms with E-state index in [1.165, 1.54) is 20.2 Å². The van der Waals surface area contributed by atoms with Crippen molar-refractivity contribution in [2.24, 2.45) is 5.73 Å². The molecule has 1 unspecified atom stereocenters. The summed E-state index contributed by atoms with van der Waals surface area (Å²) in [7, 11) is 1.48. The van der Waals surface area contributed by atoms with E-state index in [1.54, 1.807) is 40.9 Å². The molecule has 0 bridgehead atoms. The number of hydrogen-bond donors (Lipinski definition) is 1. The second-order valence-electron chi connectivity index (χ2n) is 9.86. The fourth-order valence-corrected chi connectivity index (χ4v) is 4.84. The standard InChI is InChI=1S/C29H24F3N7O6/c1-3-28(29(30,31)32,45-27(41)18-4-7-20(8-5-18)39(42)43)23-16-37(36-35-23)15-17-10-11-38-21(12-17)13-22(26(33)40)25(38)19-6-9-24(44-2)34-14-19/h4-14,16H,3,15H2,1-2H3,(H2,33,40). The second-order valence-corrected chi connectivity index (χ2v) is 9.86. The molecule has 4 heterocycles. The molecule has 0 fully saturated rings. The van der Waals surface area contributed by atoms with Crippen LogP contribution in [0.25, 0.3) is 16.8 Å². The van der Waals surface area contributed by atoms with Gasteiger partial charge in [-0.2, -0.15) is 13.2 Å². The normalized spacial score (nSPS) is 12.9. The maximum absolute atomic E-state index is 14.5. The number of rotatable bonds is 10. The number of nitro benzene ring substituents is 1. The number of esters is 1. The minimum absolute atomic E-state index is 0.0199. The van der Waals surface area contributed by atoms with Gasteiger partial charge in [0.2, 0.25) is 5.88 Å². The van der Waals surface area contributed by atoms with Gasteiger partial charge in [0.1, 0.15) is 5.69 Å². The lowest BCUT2D eigenvalue weighted by atomic mass is 9.95. The zero-order valence-corrected chi connectivity index (χ0v) is 23.7. The highest BCUT2D eigenvalue weighted by atomic mass is 19.4. The van der Waals surface area contributed by atoms with Gasteiger partial charge in [-0.15, -0.1) is 5.10 Å². The van der Waals surface area contributed by atoms with Crippen molar-refractivity contribution in [2.45, 2.75) is 31.7 Å². The Balaban J connectivity index is 1.44. The van der Waals surface area contributed by atoms with Gasteiger partial charge >= 0.3 is 12.1 Å². The molecule has 0 spiro atoms. The number of benzene rings is 1. The summed E-state index contributed by atoms with van der Waals surface area (Å²) in [4.78, 5) is 39.4. The summed E-state index contributed by atoms with van der Waals surface area (Å²) in [6.45, 7) is 1.16. The van der Waals surface area contributed by atoms with Crippen LogP contribution in [0.4, 0.5) is 18.9 Å². The summed E-state index contributed by atoms with van der Waals surface area (Å²) in [5, 5.41) is 18.4. The Labute approximate surface area is 252 Å². The summed E-state index contributed by atoms with van der Waals surface area (Å²) in [6.07, 6.45) is -1.56. The summed E-state index contributed by atoms with van der Waals surface area (Å²) in [5.74, 6) is -1.63. The van der Waals surface area contributed by atoms with Crippen LogP contribution in [0.5, 0.6) is 5.88 Å². The average Bonchev–Trinajstić information content (AvgIpc) is 3.64. The van der Waals surface area contributed by atoms with Crippen molar-refractivity contribution >= 4 is 23.1 Å². The van der Waals surface area contributed by atoms with E-state index < -0.39 is 40.7 Å².